The number of non-ortho nitro benzene ring substituents is 1. The van der Waals surface area contributed by atoms with E-state index >= 15 is 0 Å². The molecule has 0 heterocycles. The minimum absolute atomic E-state index is 0.114. The number of benzene rings is 2. The van der Waals surface area contributed by atoms with Crippen LogP contribution in [-0.4, -0.2) is 35.5 Å². The van der Waals surface area contributed by atoms with Gasteiger partial charge in [-0.2, -0.15) is 0 Å². The summed E-state index contributed by atoms with van der Waals surface area (Å²) in [6.07, 6.45) is 2.25. The number of nitrogens with zero attached hydrogens (tertiary/aromatic N) is 2. The largest absolute Gasteiger partial charge is 0.493 e. The van der Waals surface area contributed by atoms with Crippen LogP contribution in [0.1, 0.15) is 25.3 Å². The summed E-state index contributed by atoms with van der Waals surface area (Å²) in [4.78, 5) is 25.3. The lowest BCUT2D eigenvalue weighted by atomic mass is 10.1. The third-order valence-corrected chi connectivity index (χ3v) is 5.02. The first kappa shape index (κ1) is 19.7. The Balaban J connectivity index is 1.73. The van der Waals surface area contributed by atoms with Gasteiger partial charge in [0.25, 0.3) is 11.6 Å². The second-order valence-electron chi connectivity index (χ2n) is 6.97. The van der Waals surface area contributed by atoms with Crippen LogP contribution in [0.4, 0.5) is 5.69 Å². The van der Waals surface area contributed by atoms with E-state index in [-0.39, 0.29) is 30.0 Å². The quantitative estimate of drug-likeness (QED) is 0.485. The van der Waals surface area contributed by atoms with Crippen LogP contribution in [0.5, 0.6) is 11.5 Å². The number of nitro groups is 1. The molecular weight excluding hydrogens is 360 g/mol. The first-order chi connectivity index (χ1) is 13.5. The summed E-state index contributed by atoms with van der Waals surface area (Å²) in [6.45, 7) is 2.36. The number of carbonyl (C=O) groups excluding carboxylic acids is 1. The Bertz CT molecular complexity index is 836. The monoisotopic (exact) mass is 384 g/mol. The molecule has 2 aromatic rings. The fourth-order valence-corrected chi connectivity index (χ4v) is 3.19. The molecule has 0 spiro atoms. The molecular formula is C21H24N2O5. The van der Waals surface area contributed by atoms with E-state index in [1.54, 1.807) is 0 Å². The van der Waals surface area contributed by atoms with E-state index in [2.05, 4.69) is 6.92 Å². The highest BCUT2D eigenvalue weighted by atomic mass is 16.6. The Kier molecular flexibility index (Phi) is 6.13. The van der Waals surface area contributed by atoms with Crippen molar-refractivity contribution in [3.8, 4) is 11.5 Å². The average molecular weight is 384 g/mol. The second kappa shape index (κ2) is 8.73. The molecule has 0 bridgehead atoms. The zero-order valence-corrected chi connectivity index (χ0v) is 16.0. The van der Waals surface area contributed by atoms with Gasteiger partial charge in [-0.3, -0.25) is 14.9 Å². The zero-order valence-electron chi connectivity index (χ0n) is 16.0. The summed E-state index contributed by atoms with van der Waals surface area (Å²) in [5, 5.41) is 11.0. The molecule has 1 aliphatic rings. The molecule has 0 radical (unpaired) electrons. The van der Waals surface area contributed by atoms with Crippen LogP contribution in [0.2, 0.25) is 0 Å². The number of amides is 1. The Morgan fingerprint density at radius 3 is 2.54 bits per heavy atom. The first-order valence-electron chi connectivity index (χ1n) is 9.28. The highest BCUT2D eigenvalue weighted by Crippen LogP contribution is 2.36. The molecule has 0 saturated heterocycles. The highest BCUT2D eigenvalue weighted by Gasteiger charge is 2.34. The van der Waals surface area contributed by atoms with Gasteiger partial charge in [0.1, 0.15) is 0 Å². The van der Waals surface area contributed by atoms with Gasteiger partial charge in [0.05, 0.1) is 18.1 Å². The van der Waals surface area contributed by atoms with Gasteiger partial charge in [-0.15, -0.1) is 0 Å². The standard InChI is InChI=1S/C21H24N2O5/c1-15(17-8-9-17)22(13-16-6-4-3-5-7-16)21(24)14-28-20-12-18(23(25)26)10-11-19(20)27-2/h3-7,10-12,15,17H,8-9,13-14H2,1-2H3. The molecule has 1 unspecified atom stereocenters. The zero-order chi connectivity index (χ0) is 20.1. The SMILES string of the molecule is COc1ccc([N+](=O)[O-])cc1OCC(=O)N(Cc1ccccc1)C(C)C1CC1. The number of carbonyl (C=O) groups is 1. The molecule has 0 aliphatic heterocycles. The summed E-state index contributed by atoms with van der Waals surface area (Å²) in [7, 11) is 1.45. The Hall–Kier alpha value is -3.09. The molecule has 1 amide bonds. The van der Waals surface area contributed by atoms with Crippen LogP contribution in [0.3, 0.4) is 0 Å². The van der Waals surface area contributed by atoms with Crippen LogP contribution in [0.25, 0.3) is 0 Å². The van der Waals surface area contributed by atoms with Gasteiger partial charge in [-0.25, -0.2) is 0 Å². The molecule has 7 nitrogen and oxygen atoms in total. The minimum Gasteiger partial charge on any atom is -0.493 e. The summed E-state index contributed by atoms with van der Waals surface area (Å²) in [5.41, 5.74) is 0.937. The number of hydrogen-bond acceptors (Lipinski definition) is 5. The van der Waals surface area contributed by atoms with Crippen molar-refractivity contribution in [1.82, 2.24) is 4.90 Å². The lowest BCUT2D eigenvalue weighted by Gasteiger charge is -2.29. The van der Waals surface area contributed by atoms with E-state index in [1.165, 1.54) is 25.3 Å². The van der Waals surface area contributed by atoms with Crippen LogP contribution in [0, 0.1) is 16.0 Å². The van der Waals surface area contributed by atoms with Crippen LogP contribution in [-0.2, 0) is 11.3 Å². The Morgan fingerprint density at radius 1 is 1.21 bits per heavy atom. The fraction of sp³-hybridized carbons (Fsp3) is 0.381. The molecule has 1 saturated carbocycles. The maximum atomic E-state index is 12.9. The maximum absolute atomic E-state index is 12.9. The van der Waals surface area contributed by atoms with Crippen molar-refractivity contribution >= 4 is 11.6 Å². The third kappa shape index (κ3) is 4.79. The van der Waals surface area contributed by atoms with E-state index in [0.29, 0.717) is 18.2 Å². The van der Waals surface area contributed by atoms with Crippen molar-refractivity contribution in [2.45, 2.75) is 32.4 Å². The molecule has 28 heavy (non-hydrogen) atoms. The van der Waals surface area contributed by atoms with Crippen LogP contribution in [0.15, 0.2) is 48.5 Å². The van der Waals surface area contributed by atoms with Crippen molar-refractivity contribution < 1.29 is 19.2 Å². The summed E-state index contributed by atoms with van der Waals surface area (Å²) < 4.78 is 10.8. The van der Waals surface area contributed by atoms with E-state index in [4.69, 9.17) is 9.47 Å². The smallest absolute Gasteiger partial charge is 0.273 e. The van der Waals surface area contributed by atoms with Crippen molar-refractivity contribution in [3.63, 3.8) is 0 Å². The molecule has 3 rings (SSSR count). The lowest BCUT2D eigenvalue weighted by Crippen LogP contribution is -2.42. The predicted molar refractivity (Wildman–Crippen MR) is 104 cm³/mol. The van der Waals surface area contributed by atoms with E-state index in [0.717, 1.165) is 18.4 Å². The predicted octanol–water partition coefficient (Wildman–Crippen LogP) is 3.81. The first-order valence-corrected chi connectivity index (χ1v) is 9.28. The molecule has 0 N–H and O–H groups in total. The molecule has 1 aliphatic carbocycles. The van der Waals surface area contributed by atoms with Crippen molar-refractivity contribution in [1.29, 1.82) is 0 Å². The molecule has 0 aromatic heterocycles. The summed E-state index contributed by atoms with van der Waals surface area (Å²) in [6, 6.07) is 14.0. The van der Waals surface area contributed by atoms with Gasteiger partial charge < -0.3 is 14.4 Å². The Morgan fingerprint density at radius 2 is 1.93 bits per heavy atom. The normalized spacial score (nSPS) is 14.2. The van der Waals surface area contributed by atoms with Gasteiger partial charge in [-0.05, 0) is 37.3 Å². The van der Waals surface area contributed by atoms with Gasteiger partial charge in [0.15, 0.2) is 18.1 Å². The van der Waals surface area contributed by atoms with Crippen LogP contribution >= 0.6 is 0 Å². The van der Waals surface area contributed by atoms with Crippen molar-refractivity contribution in [2.24, 2.45) is 5.92 Å². The average Bonchev–Trinajstić information content (AvgIpc) is 3.55. The highest BCUT2D eigenvalue weighted by molar-refractivity contribution is 5.78. The van der Waals surface area contributed by atoms with Gasteiger partial charge in [-0.1, -0.05) is 30.3 Å². The molecule has 148 valence electrons. The third-order valence-electron chi connectivity index (χ3n) is 5.02. The summed E-state index contributed by atoms with van der Waals surface area (Å²) in [5.74, 6) is 0.892. The number of rotatable bonds is 9. The van der Waals surface area contributed by atoms with E-state index in [1.807, 2.05) is 35.2 Å². The lowest BCUT2D eigenvalue weighted by molar-refractivity contribution is -0.385. The number of ether oxygens (including phenoxy) is 2. The summed E-state index contributed by atoms with van der Waals surface area (Å²) >= 11 is 0. The van der Waals surface area contributed by atoms with Crippen LogP contribution < -0.4 is 9.47 Å². The van der Waals surface area contributed by atoms with E-state index in [9.17, 15) is 14.9 Å². The number of nitro benzene ring substituents is 1. The van der Waals surface area contributed by atoms with Gasteiger partial charge in [0.2, 0.25) is 0 Å². The van der Waals surface area contributed by atoms with Gasteiger partial charge >= 0.3 is 0 Å². The molecule has 1 atom stereocenters. The van der Waals surface area contributed by atoms with Gasteiger partial charge in [0, 0.05) is 18.7 Å². The molecule has 1 fully saturated rings. The fourth-order valence-electron chi connectivity index (χ4n) is 3.19. The second-order valence-corrected chi connectivity index (χ2v) is 6.97. The van der Waals surface area contributed by atoms with E-state index < -0.39 is 4.92 Å². The maximum Gasteiger partial charge on any atom is 0.273 e. The molecule has 7 heteroatoms. The van der Waals surface area contributed by atoms with Crippen molar-refractivity contribution in [2.75, 3.05) is 13.7 Å². The Labute approximate surface area is 164 Å². The molecule has 2 aromatic carbocycles. The number of methoxy groups -OCH3 is 1. The number of hydrogen-bond donors (Lipinski definition) is 0. The topological polar surface area (TPSA) is 81.9 Å². The van der Waals surface area contributed by atoms with Crippen molar-refractivity contribution in [3.05, 3.63) is 64.2 Å². The minimum atomic E-state index is -0.509.